The molecule has 2 aromatic rings. The molecule has 0 amide bonds. The normalized spacial score (nSPS) is 14.3. The lowest BCUT2D eigenvalue weighted by atomic mass is 9.77. The molecule has 2 unspecified atom stereocenters. The van der Waals surface area contributed by atoms with Gasteiger partial charge in [-0.1, -0.05) is 43.1 Å². The minimum atomic E-state index is -0.716. The molecular weight excluding hydrogens is 333 g/mol. The molecule has 0 saturated carbocycles. The van der Waals surface area contributed by atoms with Gasteiger partial charge in [0.05, 0.1) is 12.1 Å². The second kappa shape index (κ2) is 7.35. The Kier molecular flexibility index (Phi) is 5.69. The van der Waals surface area contributed by atoms with Crippen molar-refractivity contribution in [2.75, 3.05) is 0 Å². The van der Waals surface area contributed by atoms with Gasteiger partial charge in [0.15, 0.2) is 0 Å². The second-order valence-electron chi connectivity index (χ2n) is 6.20. The van der Waals surface area contributed by atoms with Crippen molar-refractivity contribution in [3.8, 4) is 12.3 Å². The van der Waals surface area contributed by atoms with Crippen LogP contribution in [0, 0.1) is 17.8 Å². The molecule has 0 aliphatic heterocycles. The van der Waals surface area contributed by atoms with Gasteiger partial charge in [-0.05, 0) is 29.5 Å². The number of aliphatic hydroxyl groups excluding tert-OH is 1. The van der Waals surface area contributed by atoms with E-state index < -0.39 is 11.5 Å². The number of hydrogen-bond donors (Lipinski definition) is 1. The Bertz CT molecular complexity index is 692. The Morgan fingerprint density at radius 3 is 2.70 bits per heavy atom. The van der Waals surface area contributed by atoms with Gasteiger partial charge in [0.1, 0.15) is 12.7 Å². The first-order valence-corrected chi connectivity index (χ1v) is 8.00. The van der Waals surface area contributed by atoms with E-state index in [1.54, 1.807) is 23.1 Å². The van der Waals surface area contributed by atoms with Crippen molar-refractivity contribution in [2.24, 2.45) is 5.41 Å². The minimum absolute atomic E-state index is 0.344. The van der Waals surface area contributed by atoms with Crippen LogP contribution in [0.1, 0.15) is 31.9 Å². The van der Waals surface area contributed by atoms with Gasteiger partial charge in [-0.2, -0.15) is 5.10 Å². The summed E-state index contributed by atoms with van der Waals surface area (Å²) in [5.74, 6) is 2.60. The summed E-state index contributed by atoms with van der Waals surface area (Å²) in [7, 11) is 0. The molecule has 0 radical (unpaired) electrons. The largest absolute Gasteiger partial charge is 0.390 e. The van der Waals surface area contributed by atoms with Gasteiger partial charge in [0.25, 0.3) is 0 Å². The summed E-state index contributed by atoms with van der Waals surface area (Å²) in [6.07, 6.45) is 8.68. The van der Waals surface area contributed by atoms with Gasteiger partial charge in [0.2, 0.25) is 0 Å². The van der Waals surface area contributed by atoms with Gasteiger partial charge >= 0.3 is 0 Å². The summed E-state index contributed by atoms with van der Waals surface area (Å²) in [4.78, 5) is 3.93. The molecule has 0 bridgehead atoms. The zero-order valence-corrected chi connectivity index (χ0v) is 14.6. The van der Waals surface area contributed by atoms with Crippen LogP contribution >= 0.6 is 23.2 Å². The number of hydrogen-bond acceptors (Lipinski definition) is 3. The van der Waals surface area contributed by atoms with Crippen LogP contribution in [0.4, 0.5) is 0 Å². The molecule has 122 valence electrons. The van der Waals surface area contributed by atoms with Gasteiger partial charge in [-0.15, -0.1) is 12.3 Å². The van der Waals surface area contributed by atoms with Crippen molar-refractivity contribution >= 4 is 23.2 Å². The van der Waals surface area contributed by atoms with E-state index in [1.807, 2.05) is 19.9 Å². The molecule has 0 fully saturated rings. The third-order valence-electron chi connectivity index (χ3n) is 3.93. The second-order valence-corrected chi connectivity index (χ2v) is 7.04. The van der Waals surface area contributed by atoms with Crippen molar-refractivity contribution in [1.82, 2.24) is 14.8 Å². The maximum absolute atomic E-state index is 10.9. The fourth-order valence-corrected chi connectivity index (χ4v) is 3.12. The Balaban J connectivity index is 2.24. The molecule has 1 aromatic heterocycles. The van der Waals surface area contributed by atoms with E-state index in [-0.39, 0.29) is 6.04 Å². The molecule has 6 heteroatoms. The van der Waals surface area contributed by atoms with Crippen LogP contribution in [-0.4, -0.2) is 26.0 Å². The number of aromatic nitrogens is 3. The molecule has 0 spiro atoms. The zero-order chi connectivity index (χ0) is 17.0. The highest BCUT2D eigenvalue weighted by Crippen LogP contribution is 2.35. The molecule has 23 heavy (non-hydrogen) atoms. The van der Waals surface area contributed by atoms with E-state index in [0.717, 1.165) is 5.56 Å². The number of nitrogens with zero attached hydrogens (tertiary/aromatic N) is 3. The molecule has 4 nitrogen and oxygen atoms in total. The summed E-state index contributed by atoms with van der Waals surface area (Å²) in [6, 6.07) is 5.03. The maximum atomic E-state index is 10.9. The van der Waals surface area contributed by atoms with Crippen LogP contribution < -0.4 is 0 Å². The fraction of sp³-hybridized carbons (Fsp3) is 0.412. The first-order valence-electron chi connectivity index (χ1n) is 7.24. The molecular formula is C17H19Cl2N3O. The lowest BCUT2D eigenvalue weighted by Crippen LogP contribution is -2.39. The smallest absolute Gasteiger partial charge is 0.137 e. The highest BCUT2D eigenvalue weighted by molar-refractivity contribution is 6.35. The van der Waals surface area contributed by atoms with E-state index in [4.69, 9.17) is 29.6 Å². The van der Waals surface area contributed by atoms with Crippen LogP contribution in [0.2, 0.25) is 10.0 Å². The van der Waals surface area contributed by atoms with Crippen LogP contribution in [0.3, 0.4) is 0 Å². The maximum Gasteiger partial charge on any atom is 0.137 e. The van der Waals surface area contributed by atoms with E-state index >= 15 is 0 Å². The molecule has 1 aromatic carbocycles. The Morgan fingerprint density at radius 2 is 2.13 bits per heavy atom. The third kappa shape index (κ3) is 4.26. The molecule has 1 N–H and O–H groups in total. The Hall–Kier alpha value is -1.54. The Labute approximate surface area is 146 Å². The van der Waals surface area contributed by atoms with Gasteiger partial charge < -0.3 is 5.11 Å². The molecule has 2 rings (SSSR count). The topological polar surface area (TPSA) is 50.9 Å². The molecule has 0 aliphatic rings. The summed E-state index contributed by atoms with van der Waals surface area (Å²) in [5, 5.41) is 16.2. The average molecular weight is 352 g/mol. The van der Waals surface area contributed by atoms with E-state index in [9.17, 15) is 5.11 Å². The average Bonchev–Trinajstić information content (AvgIpc) is 3.01. The lowest BCUT2D eigenvalue weighted by molar-refractivity contribution is 0.00374. The number of aliphatic hydroxyl groups is 1. The predicted molar refractivity (Wildman–Crippen MR) is 92.5 cm³/mol. The molecule has 1 heterocycles. The lowest BCUT2D eigenvalue weighted by Gasteiger charge is -2.35. The summed E-state index contributed by atoms with van der Waals surface area (Å²) in [5.41, 5.74) is 0.462. The van der Waals surface area contributed by atoms with Crippen molar-refractivity contribution < 1.29 is 5.11 Å². The summed E-state index contributed by atoms with van der Waals surface area (Å²) >= 11 is 12.2. The van der Waals surface area contributed by atoms with Crippen molar-refractivity contribution in [3.63, 3.8) is 0 Å². The van der Waals surface area contributed by atoms with Gasteiger partial charge in [-0.25, -0.2) is 9.67 Å². The van der Waals surface area contributed by atoms with Crippen LogP contribution in [-0.2, 0) is 6.42 Å². The molecule has 2 atom stereocenters. The third-order valence-corrected chi connectivity index (χ3v) is 4.52. The van der Waals surface area contributed by atoms with Crippen LogP contribution in [0.25, 0.3) is 0 Å². The Morgan fingerprint density at radius 1 is 1.39 bits per heavy atom. The van der Waals surface area contributed by atoms with Crippen LogP contribution in [0.15, 0.2) is 30.9 Å². The first-order chi connectivity index (χ1) is 10.8. The highest BCUT2D eigenvalue weighted by Gasteiger charge is 2.36. The molecule has 0 saturated heterocycles. The number of rotatable bonds is 6. The quantitative estimate of drug-likeness (QED) is 0.805. The van der Waals surface area contributed by atoms with E-state index in [2.05, 4.69) is 16.0 Å². The monoisotopic (exact) mass is 351 g/mol. The molecule has 0 aliphatic carbocycles. The highest BCUT2D eigenvalue weighted by atomic mass is 35.5. The first kappa shape index (κ1) is 17.8. The van der Waals surface area contributed by atoms with Crippen molar-refractivity contribution in [1.29, 1.82) is 0 Å². The minimum Gasteiger partial charge on any atom is -0.390 e. The fourth-order valence-electron chi connectivity index (χ4n) is 2.64. The number of terminal acetylenes is 1. The van der Waals surface area contributed by atoms with Crippen molar-refractivity contribution in [2.45, 2.75) is 38.8 Å². The zero-order valence-electron chi connectivity index (χ0n) is 13.1. The van der Waals surface area contributed by atoms with Crippen molar-refractivity contribution in [3.05, 3.63) is 46.5 Å². The summed E-state index contributed by atoms with van der Waals surface area (Å²) < 4.78 is 1.61. The van der Waals surface area contributed by atoms with E-state index in [0.29, 0.717) is 22.9 Å². The predicted octanol–water partition coefficient (Wildman–Crippen LogP) is 3.78. The standard InChI is InChI=1S/C17H19Cl2N3O/c1-4-5-15(22-11-20-10-21-22)16(23)17(2,3)9-12-6-7-13(18)8-14(12)19/h1,6-8,10-11,15-16,23H,5,9H2,2-3H3. The number of halogens is 2. The summed E-state index contributed by atoms with van der Waals surface area (Å²) in [6.45, 7) is 3.95. The van der Waals surface area contributed by atoms with Gasteiger partial charge in [-0.3, -0.25) is 0 Å². The van der Waals surface area contributed by atoms with E-state index in [1.165, 1.54) is 6.33 Å². The number of benzene rings is 1. The van der Waals surface area contributed by atoms with Crippen LogP contribution in [0.5, 0.6) is 0 Å². The van der Waals surface area contributed by atoms with Gasteiger partial charge in [0, 0.05) is 16.5 Å². The SMILES string of the molecule is C#CCC(C(O)C(C)(C)Cc1ccc(Cl)cc1Cl)n1cncn1.